The molecule has 1 aliphatic rings. The van der Waals surface area contributed by atoms with Crippen molar-refractivity contribution in [2.24, 2.45) is 0 Å². The van der Waals surface area contributed by atoms with Gasteiger partial charge in [-0.25, -0.2) is 12.2 Å². The Morgan fingerprint density at radius 3 is 1.20 bits per heavy atom. The monoisotopic (exact) mass is 299 g/mol. The molecule has 0 saturated heterocycles. The number of rotatable bonds is 0. The molecule has 0 atom stereocenters. The largest absolute Gasteiger partial charge is 0.358 e. The van der Waals surface area contributed by atoms with Crippen LogP contribution in [0, 0.1) is 43.2 Å². The summed E-state index contributed by atoms with van der Waals surface area (Å²) in [4.78, 5) is 0. The van der Waals surface area contributed by atoms with E-state index < -0.39 is 0 Å². The third kappa shape index (κ3) is 86.8. The van der Waals surface area contributed by atoms with Crippen molar-refractivity contribution >= 4 is 0 Å². The molecule has 99 valence electrons. The Morgan fingerprint density at radius 2 is 1.13 bits per heavy atom. The molecule has 1 radical (unpaired) electrons. The van der Waals surface area contributed by atoms with Crippen LogP contribution in [0.1, 0.15) is 6.42 Å². The van der Waals surface area contributed by atoms with E-state index in [1.807, 2.05) is 12.2 Å². The first-order chi connectivity index (χ1) is 4.50. The van der Waals surface area contributed by atoms with Crippen LogP contribution in [0.15, 0.2) is 44.5 Å². The molecule has 0 saturated carbocycles. The van der Waals surface area contributed by atoms with Crippen LogP contribution in [0.5, 0.6) is 0 Å². The summed E-state index contributed by atoms with van der Waals surface area (Å²) in [6, 6.07) is 0. The molecule has 0 aliphatic heterocycles. The van der Waals surface area contributed by atoms with E-state index >= 15 is 0 Å². The Hall–Kier alpha value is -0.417. The predicted molar refractivity (Wildman–Crippen MR) is 76.1 cm³/mol. The van der Waals surface area contributed by atoms with Crippen molar-refractivity contribution in [1.29, 1.82) is 0 Å². The Kier molecular flexibility index (Phi) is 424. The number of allylic oxidation sites excluding steroid dienone is 4. The molecule has 1 rings (SSSR count). The second-order valence-electron chi connectivity index (χ2n) is 1.00. The summed E-state index contributed by atoms with van der Waals surface area (Å²) in [6.45, 7) is 12.0. The predicted octanol–water partition coefficient (Wildman–Crippen LogP) is 5.16. The molecule has 0 aromatic heterocycles. The Labute approximate surface area is 114 Å². The van der Waals surface area contributed by atoms with Crippen LogP contribution in [-0.4, -0.2) is 0 Å². The van der Waals surface area contributed by atoms with Gasteiger partial charge in [0, 0.05) is 19.5 Å². The molecule has 0 aromatic carbocycles. The summed E-state index contributed by atoms with van der Waals surface area (Å²) in [5, 5.41) is 0. The fourth-order valence-electron chi connectivity index (χ4n) is 0.340. The van der Waals surface area contributed by atoms with Gasteiger partial charge in [-0.1, -0.05) is 0 Å². The van der Waals surface area contributed by atoms with E-state index in [1.54, 1.807) is 0 Å². The van der Waals surface area contributed by atoms with Crippen LogP contribution in [0.4, 0.5) is 0 Å². The van der Waals surface area contributed by atoms with Gasteiger partial charge < -0.3 is 37.1 Å². The summed E-state index contributed by atoms with van der Waals surface area (Å²) < 4.78 is 0. The van der Waals surface area contributed by atoms with E-state index in [0.717, 1.165) is 6.42 Å². The van der Waals surface area contributed by atoms with Crippen LogP contribution in [-0.2, 0) is 19.5 Å². The smallest absolute Gasteiger partial charge is 0 e. The average Bonchev–Trinajstić information content (AvgIpc) is 2.51. The van der Waals surface area contributed by atoms with Gasteiger partial charge in [-0.15, -0.1) is 32.7 Å². The van der Waals surface area contributed by atoms with Gasteiger partial charge in [-0.2, -0.15) is 6.08 Å². The first kappa shape index (κ1) is 62.1. The number of hydrogen-bond acceptors (Lipinski definition) is 0. The van der Waals surface area contributed by atoms with Crippen molar-refractivity contribution in [3.8, 4) is 0 Å². The Balaban J connectivity index is -0.00000000763. The third-order valence-corrected chi connectivity index (χ3v) is 0.586. The van der Waals surface area contributed by atoms with E-state index in [2.05, 4.69) is 38.5 Å². The molecular formula is C14H28Rh-6. The van der Waals surface area contributed by atoms with E-state index in [-0.39, 0.29) is 56.6 Å². The van der Waals surface area contributed by atoms with Gasteiger partial charge in [0.1, 0.15) is 0 Å². The maximum absolute atomic E-state index is 3.00. The van der Waals surface area contributed by atoms with Crippen molar-refractivity contribution in [1.82, 2.24) is 0 Å². The van der Waals surface area contributed by atoms with Gasteiger partial charge in [-0.3, -0.25) is 6.08 Å². The quantitative estimate of drug-likeness (QED) is 0.329. The molecule has 0 nitrogen and oxygen atoms in total. The van der Waals surface area contributed by atoms with E-state index in [0.29, 0.717) is 0 Å². The first-order valence-corrected chi connectivity index (χ1v) is 2.72. The van der Waals surface area contributed by atoms with Gasteiger partial charge in [0.05, 0.1) is 0 Å². The average molecular weight is 299 g/mol. The maximum atomic E-state index is 3.00. The molecule has 0 spiro atoms. The minimum Gasteiger partial charge on any atom is -0.358 e. The van der Waals surface area contributed by atoms with Gasteiger partial charge in [-0.05, 0) is 0 Å². The van der Waals surface area contributed by atoms with Gasteiger partial charge in [0.25, 0.3) is 0 Å². The molecule has 0 bridgehead atoms. The molecule has 1 aliphatic carbocycles. The summed E-state index contributed by atoms with van der Waals surface area (Å²) >= 11 is 0. The normalized spacial score (nSPS) is 6.40. The van der Waals surface area contributed by atoms with Crippen molar-refractivity contribution in [2.45, 2.75) is 6.42 Å². The molecule has 0 unspecified atom stereocenters. The molecule has 15 heavy (non-hydrogen) atoms. The minimum atomic E-state index is 0. The van der Waals surface area contributed by atoms with E-state index in [9.17, 15) is 0 Å². The van der Waals surface area contributed by atoms with E-state index in [1.165, 1.54) is 0 Å². The molecule has 0 amide bonds. The van der Waals surface area contributed by atoms with Crippen LogP contribution in [0.3, 0.4) is 0 Å². The van der Waals surface area contributed by atoms with E-state index in [4.69, 9.17) is 0 Å². The summed E-state index contributed by atoms with van der Waals surface area (Å²) in [6.07, 6.45) is 10.0. The van der Waals surface area contributed by atoms with Crippen LogP contribution in [0.2, 0.25) is 0 Å². The van der Waals surface area contributed by atoms with Gasteiger partial charge >= 0.3 is 0 Å². The third-order valence-electron chi connectivity index (χ3n) is 0.586. The molecule has 1 heteroatoms. The Bertz CT molecular complexity index is 81.5. The van der Waals surface area contributed by atoms with Crippen LogP contribution < -0.4 is 0 Å². The van der Waals surface area contributed by atoms with Crippen molar-refractivity contribution in [3.63, 3.8) is 0 Å². The van der Waals surface area contributed by atoms with Crippen LogP contribution in [0.25, 0.3) is 0 Å². The summed E-state index contributed by atoms with van der Waals surface area (Å²) in [7, 11) is 0. The van der Waals surface area contributed by atoms with Crippen molar-refractivity contribution in [3.05, 3.63) is 87.8 Å². The number of hydrogen-bond donors (Lipinski definition) is 0. The fraction of sp³-hybridized carbons (Fsp3) is 0.0714. The van der Waals surface area contributed by atoms with Crippen molar-refractivity contribution in [2.75, 3.05) is 0 Å². The Morgan fingerprint density at radius 1 is 0.800 bits per heavy atom. The van der Waals surface area contributed by atoms with Gasteiger partial charge in [0.2, 0.25) is 0 Å². The zero-order valence-electron chi connectivity index (χ0n) is 11.1. The molecule has 0 N–H and O–H groups in total. The molecule has 0 heterocycles. The summed E-state index contributed by atoms with van der Waals surface area (Å²) in [5.74, 6) is 0. The fourth-order valence-corrected chi connectivity index (χ4v) is 0.340. The zero-order chi connectivity index (χ0) is 7.54. The molecule has 0 fully saturated rings. The topological polar surface area (TPSA) is 0 Å². The van der Waals surface area contributed by atoms with Crippen LogP contribution >= 0.6 is 0 Å². The summed E-state index contributed by atoms with van der Waals surface area (Å²) in [5.41, 5.74) is 0. The molecule has 0 aromatic rings. The minimum absolute atomic E-state index is 0. The standard InChI is InChI=1S/C5H5.2C2H4.5CH3.Rh/c1-2-4-5-3-1;2*1-2;;;;;;/h1-3H,4H2;2*1-2H2;5*1H3;/q-1;;;5*-1;. The second kappa shape index (κ2) is 102. The van der Waals surface area contributed by atoms with Crippen molar-refractivity contribution < 1.29 is 19.5 Å². The molecular weight excluding hydrogens is 271 g/mol. The second-order valence-corrected chi connectivity index (χ2v) is 1.00. The van der Waals surface area contributed by atoms with Gasteiger partial charge in [0.15, 0.2) is 0 Å². The SMILES string of the molecule is C=C.C=C.[C-]1=CC=CC1.[CH3-].[CH3-].[CH3-].[CH3-].[CH3-].[Rh]. The maximum Gasteiger partial charge on any atom is 0 e. The first-order valence-electron chi connectivity index (χ1n) is 2.72. The zero-order valence-corrected chi connectivity index (χ0v) is 12.7.